The van der Waals surface area contributed by atoms with Crippen LogP contribution >= 0.6 is 0 Å². The highest BCUT2D eigenvalue weighted by molar-refractivity contribution is 5.53. The summed E-state index contributed by atoms with van der Waals surface area (Å²) in [6.45, 7) is 8.60. The summed E-state index contributed by atoms with van der Waals surface area (Å²) in [7, 11) is 0. The summed E-state index contributed by atoms with van der Waals surface area (Å²) >= 11 is 0. The maximum absolute atomic E-state index is 14.0. The average molecular weight is 449 g/mol. The van der Waals surface area contributed by atoms with Crippen LogP contribution in [0.25, 0.3) is 0 Å². The summed E-state index contributed by atoms with van der Waals surface area (Å²) in [5.74, 6) is 14.1. The lowest BCUT2D eigenvalue weighted by molar-refractivity contribution is 0.289. The molecule has 3 aromatic rings. The molecule has 0 atom stereocenters. The Labute approximate surface area is 204 Å². The van der Waals surface area contributed by atoms with Crippen molar-refractivity contribution < 1.29 is 4.39 Å². The molecule has 1 fully saturated rings. The smallest absolute Gasteiger partial charge is 0.139 e. The Bertz CT molecular complexity index is 1260. The summed E-state index contributed by atoms with van der Waals surface area (Å²) in [6.07, 6.45) is 6.66. The van der Waals surface area contributed by atoms with E-state index < -0.39 is 0 Å². The van der Waals surface area contributed by atoms with E-state index in [2.05, 4.69) is 56.6 Å². The Kier molecular flexibility index (Phi) is 7.55. The molecule has 4 rings (SSSR count). The van der Waals surface area contributed by atoms with Gasteiger partial charge in [-0.15, -0.1) is 0 Å². The van der Waals surface area contributed by atoms with Gasteiger partial charge in [-0.25, -0.2) is 4.39 Å². The first-order chi connectivity index (χ1) is 16.4. The number of halogens is 1. The zero-order valence-electron chi connectivity index (χ0n) is 20.8. The molecular formula is C33H33F. The van der Waals surface area contributed by atoms with Gasteiger partial charge in [0.05, 0.1) is 5.56 Å². The zero-order chi connectivity index (χ0) is 24.1. The van der Waals surface area contributed by atoms with Crippen molar-refractivity contribution in [3.05, 3.63) is 105 Å². The molecule has 1 aliphatic rings. The van der Waals surface area contributed by atoms with Crippen molar-refractivity contribution in [3.8, 4) is 23.7 Å². The number of rotatable bonds is 2. The Morgan fingerprint density at radius 1 is 0.735 bits per heavy atom. The molecule has 0 aliphatic heterocycles. The van der Waals surface area contributed by atoms with Crippen molar-refractivity contribution in [2.75, 3.05) is 0 Å². The first kappa shape index (κ1) is 23.9. The summed E-state index contributed by atoms with van der Waals surface area (Å²) in [6, 6.07) is 17.6. The highest BCUT2D eigenvalue weighted by Gasteiger charge is 2.18. The molecular weight excluding hydrogens is 415 g/mol. The lowest BCUT2D eigenvalue weighted by Crippen LogP contribution is -2.14. The predicted octanol–water partition coefficient (Wildman–Crippen LogP) is 7.92. The van der Waals surface area contributed by atoms with Gasteiger partial charge in [0.15, 0.2) is 0 Å². The van der Waals surface area contributed by atoms with Crippen molar-refractivity contribution >= 4 is 0 Å². The number of hydrogen-bond acceptors (Lipinski definition) is 0. The molecule has 0 radical (unpaired) electrons. The minimum Gasteiger partial charge on any atom is -0.206 e. The SMILES string of the molecule is Cc1ccc(C#Cc2ccc(C#Cc3c(C)cc(CC4CCC(C)CC4)cc3C)cc2)c(F)c1. The molecule has 0 bridgehead atoms. The van der Waals surface area contributed by atoms with Gasteiger partial charge in [-0.1, -0.05) is 61.6 Å². The van der Waals surface area contributed by atoms with Gasteiger partial charge in [-0.3, -0.25) is 0 Å². The van der Waals surface area contributed by atoms with Crippen molar-refractivity contribution in [1.29, 1.82) is 0 Å². The summed E-state index contributed by atoms with van der Waals surface area (Å²) < 4.78 is 14.0. The fourth-order valence-electron chi connectivity index (χ4n) is 4.87. The third-order valence-electron chi connectivity index (χ3n) is 6.94. The van der Waals surface area contributed by atoms with E-state index in [9.17, 15) is 4.39 Å². The summed E-state index contributed by atoms with van der Waals surface area (Å²) in [5, 5.41) is 0. The highest BCUT2D eigenvalue weighted by Crippen LogP contribution is 2.31. The Balaban J connectivity index is 1.45. The van der Waals surface area contributed by atoms with Crippen LogP contribution in [-0.4, -0.2) is 0 Å². The van der Waals surface area contributed by atoms with Crippen molar-refractivity contribution in [1.82, 2.24) is 0 Å². The number of aryl methyl sites for hydroxylation is 3. The third kappa shape index (κ3) is 6.18. The van der Waals surface area contributed by atoms with E-state index in [1.165, 1.54) is 54.9 Å². The van der Waals surface area contributed by atoms with E-state index in [1.54, 1.807) is 6.07 Å². The van der Waals surface area contributed by atoms with E-state index in [0.29, 0.717) is 5.56 Å². The first-order valence-corrected chi connectivity index (χ1v) is 12.4. The van der Waals surface area contributed by atoms with Gasteiger partial charge in [0.1, 0.15) is 5.82 Å². The van der Waals surface area contributed by atoms with E-state index >= 15 is 0 Å². The van der Waals surface area contributed by atoms with Crippen LogP contribution in [0.5, 0.6) is 0 Å². The molecule has 0 spiro atoms. The van der Waals surface area contributed by atoms with Crippen LogP contribution in [0.3, 0.4) is 0 Å². The fourth-order valence-corrected chi connectivity index (χ4v) is 4.87. The molecule has 1 heteroatoms. The highest BCUT2D eigenvalue weighted by atomic mass is 19.1. The van der Waals surface area contributed by atoms with Crippen LogP contribution in [0.4, 0.5) is 4.39 Å². The van der Waals surface area contributed by atoms with Gasteiger partial charge in [0, 0.05) is 16.7 Å². The Morgan fingerprint density at radius 3 is 1.91 bits per heavy atom. The van der Waals surface area contributed by atoms with Gasteiger partial charge >= 0.3 is 0 Å². The van der Waals surface area contributed by atoms with Crippen LogP contribution in [0.15, 0.2) is 54.6 Å². The van der Waals surface area contributed by atoms with Crippen LogP contribution in [0, 0.1) is 62.1 Å². The maximum atomic E-state index is 14.0. The summed E-state index contributed by atoms with van der Waals surface area (Å²) in [4.78, 5) is 0. The van der Waals surface area contributed by atoms with E-state index in [0.717, 1.165) is 34.1 Å². The molecule has 0 N–H and O–H groups in total. The fraction of sp³-hybridized carbons (Fsp3) is 0.333. The van der Waals surface area contributed by atoms with Crippen LogP contribution in [0.1, 0.15) is 77.1 Å². The topological polar surface area (TPSA) is 0 Å². The molecule has 1 saturated carbocycles. The van der Waals surface area contributed by atoms with Gasteiger partial charge in [0.2, 0.25) is 0 Å². The molecule has 3 aromatic carbocycles. The van der Waals surface area contributed by atoms with Gasteiger partial charge < -0.3 is 0 Å². The first-order valence-electron chi connectivity index (χ1n) is 12.4. The van der Waals surface area contributed by atoms with Gasteiger partial charge in [-0.2, -0.15) is 0 Å². The number of benzene rings is 3. The minimum absolute atomic E-state index is 0.278. The second-order valence-electron chi connectivity index (χ2n) is 10.00. The minimum atomic E-state index is -0.278. The molecule has 0 heterocycles. The van der Waals surface area contributed by atoms with Crippen molar-refractivity contribution in [2.24, 2.45) is 11.8 Å². The molecule has 172 valence electrons. The standard InChI is InChI=1S/C33H33F/c1-23-5-8-29(9-6-23)22-30-20-25(3)32(26(4)21-30)18-15-28-12-10-27(11-13-28)14-17-31-16-7-24(2)19-33(31)34/h7,10-13,16,19-21,23,29H,5-6,8-9,22H2,1-4H3. The second-order valence-corrected chi connectivity index (χ2v) is 10.00. The lowest BCUT2D eigenvalue weighted by atomic mass is 9.79. The van der Waals surface area contributed by atoms with E-state index in [1.807, 2.05) is 37.3 Å². The Morgan fingerprint density at radius 2 is 1.32 bits per heavy atom. The van der Waals surface area contributed by atoms with E-state index in [4.69, 9.17) is 0 Å². The largest absolute Gasteiger partial charge is 0.206 e. The second kappa shape index (κ2) is 10.8. The third-order valence-corrected chi connectivity index (χ3v) is 6.94. The van der Waals surface area contributed by atoms with E-state index in [-0.39, 0.29) is 5.82 Å². The zero-order valence-corrected chi connectivity index (χ0v) is 20.8. The molecule has 0 nitrogen and oxygen atoms in total. The molecule has 1 aliphatic carbocycles. The van der Waals surface area contributed by atoms with Gasteiger partial charge in [-0.05, 0) is 111 Å². The molecule has 0 saturated heterocycles. The molecule has 0 unspecified atom stereocenters. The Hall–Kier alpha value is -3.29. The monoisotopic (exact) mass is 448 g/mol. The summed E-state index contributed by atoms with van der Waals surface area (Å²) in [5.41, 5.74) is 8.20. The van der Waals surface area contributed by atoms with Crippen LogP contribution in [0.2, 0.25) is 0 Å². The number of hydrogen-bond donors (Lipinski definition) is 0. The molecule has 0 amide bonds. The lowest BCUT2D eigenvalue weighted by Gasteiger charge is -2.26. The normalized spacial score (nSPS) is 17.3. The van der Waals surface area contributed by atoms with Crippen molar-refractivity contribution in [2.45, 2.75) is 59.8 Å². The molecule has 34 heavy (non-hydrogen) atoms. The van der Waals surface area contributed by atoms with Crippen molar-refractivity contribution in [3.63, 3.8) is 0 Å². The van der Waals surface area contributed by atoms with Gasteiger partial charge in [0.25, 0.3) is 0 Å². The quantitative estimate of drug-likeness (QED) is 0.349. The average Bonchev–Trinajstić information content (AvgIpc) is 2.80. The van der Waals surface area contributed by atoms with Crippen LogP contribution in [-0.2, 0) is 6.42 Å². The molecule has 0 aromatic heterocycles. The maximum Gasteiger partial charge on any atom is 0.139 e. The van der Waals surface area contributed by atoms with Crippen LogP contribution < -0.4 is 0 Å². The predicted molar refractivity (Wildman–Crippen MR) is 140 cm³/mol.